The first-order chi connectivity index (χ1) is 7.00. The zero-order valence-corrected chi connectivity index (χ0v) is 7.42. The van der Waals surface area contributed by atoms with Crippen molar-refractivity contribution >= 4 is 12.0 Å². The van der Waals surface area contributed by atoms with E-state index < -0.39 is 18.0 Å². The summed E-state index contributed by atoms with van der Waals surface area (Å²) in [4.78, 5) is 3.46. The Morgan fingerprint density at radius 2 is 2.07 bits per heavy atom. The van der Waals surface area contributed by atoms with Crippen LogP contribution >= 0.6 is 0 Å². The fraction of sp³-hybridized carbons (Fsp3) is 0.222. The van der Waals surface area contributed by atoms with E-state index in [2.05, 4.69) is 10.3 Å². The van der Waals surface area contributed by atoms with Crippen LogP contribution in [-0.4, -0.2) is 11.4 Å². The highest BCUT2D eigenvalue weighted by atomic mass is 19.4. The van der Waals surface area contributed by atoms with Gasteiger partial charge in [-0.3, -0.25) is 0 Å². The number of benzene rings is 1. The molecular weight excluding hydrogens is 209 g/mol. The number of aliphatic hydroxyl groups is 1. The van der Waals surface area contributed by atoms with Crippen molar-refractivity contribution in [1.29, 1.82) is 0 Å². The molecule has 6 heteroatoms. The van der Waals surface area contributed by atoms with E-state index >= 15 is 0 Å². The summed E-state index contributed by atoms with van der Waals surface area (Å²) in [5, 5.41) is 11.9. The maximum atomic E-state index is 12.6. The molecule has 1 heterocycles. The van der Waals surface area contributed by atoms with Crippen LogP contribution in [0.4, 0.5) is 18.9 Å². The van der Waals surface area contributed by atoms with Gasteiger partial charge in [-0.25, -0.2) is 4.99 Å². The zero-order chi connectivity index (χ0) is 11.1. The van der Waals surface area contributed by atoms with Crippen molar-refractivity contribution in [2.45, 2.75) is 12.4 Å². The molecule has 1 aromatic carbocycles. The van der Waals surface area contributed by atoms with Crippen molar-refractivity contribution in [1.82, 2.24) is 0 Å². The normalized spacial score (nSPS) is 19.6. The highest BCUT2D eigenvalue weighted by Crippen LogP contribution is 2.39. The lowest BCUT2D eigenvalue weighted by Crippen LogP contribution is -2.17. The number of alkyl halides is 3. The Labute approximate surface area is 83.3 Å². The molecule has 1 aliphatic heterocycles. The molecule has 2 N–H and O–H groups in total. The van der Waals surface area contributed by atoms with Gasteiger partial charge in [-0.15, -0.1) is 0 Å². The van der Waals surface area contributed by atoms with E-state index in [1.807, 2.05) is 0 Å². The van der Waals surface area contributed by atoms with Gasteiger partial charge in [-0.2, -0.15) is 13.2 Å². The fourth-order valence-corrected chi connectivity index (χ4v) is 1.47. The molecule has 0 spiro atoms. The van der Waals surface area contributed by atoms with Crippen molar-refractivity contribution < 1.29 is 18.3 Å². The summed E-state index contributed by atoms with van der Waals surface area (Å²) in [5.41, 5.74) is -0.864. The third kappa shape index (κ3) is 1.68. The predicted octanol–water partition coefficient (Wildman–Crippen LogP) is 2.15. The number of fused-ring (bicyclic) bond motifs is 1. The lowest BCUT2D eigenvalue weighted by molar-refractivity contribution is -0.139. The maximum Gasteiger partial charge on any atom is 0.416 e. The van der Waals surface area contributed by atoms with Crippen LogP contribution in [-0.2, 0) is 6.18 Å². The maximum absolute atomic E-state index is 12.6. The van der Waals surface area contributed by atoms with Gasteiger partial charge in [0, 0.05) is 11.3 Å². The molecule has 0 radical (unpaired) electrons. The minimum atomic E-state index is -4.49. The summed E-state index contributed by atoms with van der Waals surface area (Å²) in [5.74, 6) is 0. The van der Waals surface area contributed by atoms with Crippen molar-refractivity contribution in [3.8, 4) is 0 Å². The second kappa shape index (κ2) is 3.23. The van der Waals surface area contributed by atoms with E-state index in [-0.39, 0.29) is 11.3 Å². The summed E-state index contributed by atoms with van der Waals surface area (Å²) in [6.45, 7) is 0. The van der Waals surface area contributed by atoms with E-state index in [1.54, 1.807) is 0 Å². The first-order valence-corrected chi connectivity index (χ1v) is 4.16. The molecule has 1 aromatic rings. The Bertz CT molecular complexity index is 414. The predicted molar refractivity (Wildman–Crippen MR) is 48.5 cm³/mol. The standard InChI is InChI=1S/C9H7F3N2O/c10-9(11,12)5-2-1-3-6-7(5)8(15)14-4-13-6/h1-4,8,15H,(H,13,14). The number of aliphatic hydroxyl groups excluding tert-OH is 1. The third-order valence-electron chi connectivity index (χ3n) is 2.11. The van der Waals surface area contributed by atoms with Crippen molar-refractivity contribution in [2.24, 2.45) is 4.99 Å². The average Bonchev–Trinajstić information content (AvgIpc) is 2.16. The van der Waals surface area contributed by atoms with Crippen LogP contribution in [0.25, 0.3) is 0 Å². The lowest BCUT2D eigenvalue weighted by atomic mass is 10.0. The Morgan fingerprint density at radius 3 is 2.73 bits per heavy atom. The second-order valence-electron chi connectivity index (χ2n) is 3.06. The van der Waals surface area contributed by atoms with Gasteiger partial charge >= 0.3 is 6.18 Å². The van der Waals surface area contributed by atoms with Crippen LogP contribution in [0.15, 0.2) is 23.2 Å². The first-order valence-electron chi connectivity index (χ1n) is 4.16. The number of nitrogens with one attached hydrogen (secondary N) is 1. The Morgan fingerprint density at radius 1 is 1.33 bits per heavy atom. The van der Waals surface area contributed by atoms with Crippen LogP contribution in [0.1, 0.15) is 17.4 Å². The van der Waals surface area contributed by atoms with Crippen LogP contribution in [0, 0.1) is 0 Å². The number of nitrogens with zero attached hydrogens (tertiary/aromatic N) is 1. The van der Waals surface area contributed by atoms with Gasteiger partial charge in [0.05, 0.1) is 11.9 Å². The topological polar surface area (TPSA) is 44.6 Å². The smallest absolute Gasteiger partial charge is 0.368 e. The SMILES string of the molecule is OC1N=CNc2cccc(C(F)(F)F)c21. The Hall–Kier alpha value is -1.56. The van der Waals surface area contributed by atoms with E-state index in [4.69, 9.17) is 0 Å². The van der Waals surface area contributed by atoms with Gasteiger partial charge in [0.25, 0.3) is 0 Å². The summed E-state index contributed by atoms with van der Waals surface area (Å²) in [6, 6.07) is 3.66. The number of hydrogen-bond acceptors (Lipinski definition) is 3. The molecule has 0 fully saturated rings. The Balaban J connectivity index is 2.60. The van der Waals surface area contributed by atoms with E-state index in [0.717, 1.165) is 6.07 Å². The summed E-state index contributed by atoms with van der Waals surface area (Å²) < 4.78 is 37.7. The molecule has 0 saturated carbocycles. The third-order valence-corrected chi connectivity index (χ3v) is 2.11. The first kappa shape index (κ1) is 9.97. The molecule has 15 heavy (non-hydrogen) atoms. The van der Waals surface area contributed by atoms with E-state index in [1.165, 1.54) is 18.5 Å². The van der Waals surface area contributed by atoms with Crippen molar-refractivity contribution in [3.05, 3.63) is 29.3 Å². The molecule has 3 nitrogen and oxygen atoms in total. The van der Waals surface area contributed by atoms with Crippen LogP contribution < -0.4 is 5.32 Å². The highest BCUT2D eigenvalue weighted by molar-refractivity contribution is 5.80. The number of aliphatic imine (C=N–C) groups is 1. The van der Waals surface area contributed by atoms with Crippen LogP contribution in [0.5, 0.6) is 0 Å². The monoisotopic (exact) mass is 216 g/mol. The highest BCUT2D eigenvalue weighted by Gasteiger charge is 2.36. The molecule has 1 aliphatic rings. The number of anilines is 1. The fourth-order valence-electron chi connectivity index (χ4n) is 1.47. The lowest BCUT2D eigenvalue weighted by Gasteiger charge is -2.21. The summed E-state index contributed by atoms with van der Waals surface area (Å²) in [6.07, 6.45) is -4.77. The molecule has 2 rings (SSSR count). The van der Waals surface area contributed by atoms with Crippen molar-refractivity contribution in [3.63, 3.8) is 0 Å². The van der Waals surface area contributed by atoms with Crippen LogP contribution in [0.2, 0.25) is 0 Å². The van der Waals surface area contributed by atoms with Gasteiger partial charge < -0.3 is 10.4 Å². The minimum Gasteiger partial charge on any atom is -0.368 e. The van der Waals surface area contributed by atoms with Crippen molar-refractivity contribution in [2.75, 3.05) is 5.32 Å². The average molecular weight is 216 g/mol. The molecule has 1 atom stereocenters. The van der Waals surface area contributed by atoms with Gasteiger partial charge in [-0.1, -0.05) is 6.07 Å². The van der Waals surface area contributed by atoms with Gasteiger partial charge in [-0.05, 0) is 12.1 Å². The molecule has 0 saturated heterocycles. The van der Waals surface area contributed by atoms with Gasteiger partial charge in [0.15, 0.2) is 6.23 Å². The summed E-state index contributed by atoms with van der Waals surface area (Å²) in [7, 11) is 0. The summed E-state index contributed by atoms with van der Waals surface area (Å²) >= 11 is 0. The Kier molecular flexibility index (Phi) is 2.15. The number of rotatable bonds is 0. The molecule has 0 bridgehead atoms. The molecule has 80 valence electrons. The molecule has 0 aromatic heterocycles. The zero-order valence-electron chi connectivity index (χ0n) is 7.42. The van der Waals surface area contributed by atoms with Gasteiger partial charge in [0.2, 0.25) is 0 Å². The second-order valence-corrected chi connectivity index (χ2v) is 3.06. The van der Waals surface area contributed by atoms with Crippen LogP contribution in [0.3, 0.4) is 0 Å². The number of halogens is 3. The molecule has 1 unspecified atom stereocenters. The number of hydrogen-bond donors (Lipinski definition) is 2. The molecular formula is C9H7F3N2O. The minimum absolute atomic E-state index is 0.229. The van der Waals surface area contributed by atoms with E-state index in [0.29, 0.717) is 0 Å². The largest absolute Gasteiger partial charge is 0.416 e. The molecule has 0 amide bonds. The van der Waals surface area contributed by atoms with Gasteiger partial charge in [0.1, 0.15) is 0 Å². The molecule has 0 aliphatic carbocycles. The van der Waals surface area contributed by atoms with E-state index in [9.17, 15) is 18.3 Å². The quantitative estimate of drug-likeness (QED) is 0.697.